The van der Waals surface area contributed by atoms with Crippen molar-refractivity contribution >= 4 is 11.9 Å². The molecule has 0 heterocycles. The van der Waals surface area contributed by atoms with Crippen molar-refractivity contribution in [2.45, 2.75) is 5.92 Å². The maximum atomic E-state index is 11.9. The lowest BCUT2D eigenvalue weighted by atomic mass is 9.85. The average molecular weight is 311 g/mol. The van der Waals surface area contributed by atoms with Gasteiger partial charge in [0.15, 0.2) is 5.92 Å². The molecule has 0 amide bonds. The van der Waals surface area contributed by atoms with Crippen molar-refractivity contribution in [3.63, 3.8) is 0 Å². The molecule has 0 radical (unpaired) electrons. The fourth-order valence-corrected chi connectivity index (χ4v) is 2.09. The minimum Gasteiger partial charge on any atom is -0.497 e. The first-order chi connectivity index (χ1) is 10.4. The van der Waals surface area contributed by atoms with E-state index < -0.39 is 35.2 Å². The second-order valence-electron chi connectivity index (χ2n) is 4.42. The van der Waals surface area contributed by atoms with E-state index in [2.05, 4.69) is 9.47 Å². The van der Waals surface area contributed by atoms with Crippen molar-refractivity contribution in [3.05, 3.63) is 39.9 Å². The maximum Gasteiger partial charge on any atom is 0.320 e. The first-order valence-corrected chi connectivity index (χ1v) is 6.36. The molecule has 120 valence electrons. The van der Waals surface area contributed by atoms with Crippen LogP contribution in [0.2, 0.25) is 0 Å². The third-order valence-electron chi connectivity index (χ3n) is 3.20. The number of benzene rings is 1. The Bertz CT molecular complexity index is 525. The van der Waals surface area contributed by atoms with Gasteiger partial charge in [0, 0.05) is 4.92 Å². The van der Waals surface area contributed by atoms with Crippen LogP contribution in [0.25, 0.3) is 0 Å². The van der Waals surface area contributed by atoms with Gasteiger partial charge in [-0.3, -0.25) is 19.7 Å². The minimum absolute atomic E-state index is 0.443. The zero-order valence-electron chi connectivity index (χ0n) is 12.5. The summed E-state index contributed by atoms with van der Waals surface area (Å²) < 4.78 is 14.2. The first kappa shape index (κ1) is 17.4. The number of rotatable bonds is 7. The highest BCUT2D eigenvalue weighted by Crippen LogP contribution is 2.29. The summed E-state index contributed by atoms with van der Waals surface area (Å²) in [6.07, 6.45) is 0. The Hall–Kier alpha value is -2.64. The number of hydrogen-bond acceptors (Lipinski definition) is 7. The van der Waals surface area contributed by atoms with Crippen LogP contribution in [0.15, 0.2) is 24.3 Å². The van der Waals surface area contributed by atoms with Crippen LogP contribution < -0.4 is 4.74 Å². The highest BCUT2D eigenvalue weighted by molar-refractivity contribution is 5.96. The molecule has 0 saturated carbocycles. The van der Waals surface area contributed by atoms with Gasteiger partial charge >= 0.3 is 11.9 Å². The first-order valence-electron chi connectivity index (χ1n) is 6.36. The molecule has 22 heavy (non-hydrogen) atoms. The van der Waals surface area contributed by atoms with E-state index in [-0.39, 0.29) is 0 Å². The highest BCUT2D eigenvalue weighted by Gasteiger charge is 2.40. The fourth-order valence-electron chi connectivity index (χ4n) is 2.09. The van der Waals surface area contributed by atoms with E-state index >= 15 is 0 Å². The molecule has 1 aromatic carbocycles. The monoisotopic (exact) mass is 311 g/mol. The topological polar surface area (TPSA) is 105 Å². The molecular weight excluding hydrogens is 294 g/mol. The Morgan fingerprint density at radius 1 is 1.09 bits per heavy atom. The Balaban J connectivity index is 3.25. The summed E-state index contributed by atoms with van der Waals surface area (Å²) in [5.41, 5.74) is 0.443. The van der Waals surface area contributed by atoms with Gasteiger partial charge in [-0.2, -0.15) is 0 Å². The third kappa shape index (κ3) is 4.18. The Morgan fingerprint density at radius 2 is 1.59 bits per heavy atom. The molecule has 0 aliphatic carbocycles. The van der Waals surface area contributed by atoms with Crippen molar-refractivity contribution in [2.24, 2.45) is 5.92 Å². The van der Waals surface area contributed by atoms with Gasteiger partial charge in [0.25, 0.3) is 0 Å². The smallest absolute Gasteiger partial charge is 0.320 e. The Morgan fingerprint density at radius 3 is 1.95 bits per heavy atom. The van der Waals surface area contributed by atoms with Crippen LogP contribution in [-0.4, -0.2) is 44.7 Å². The van der Waals surface area contributed by atoms with Crippen molar-refractivity contribution in [1.82, 2.24) is 0 Å². The maximum absolute atomic E-state index is 11.9. The predicted octanol–water partition coefficient (Wildman–Crippen LogP) is 1.02. The van der Waals surface area contributed by atoms with E-state index in [0.717, 1.165) is 14.2 Å². The Kier molecular flexibility index (Phi) is 6.30. The summed E-state index contributed by atoms with van der Waals surface area (Å²) in [5, 5.41) is 10.9. The zero-order valence-corrected chi connectivity index (χ0v) is 12.5. The average Bonchev–Trinajstić information content (AvgIpc) is 2.53. The quantitative estimate of drug-likeness (QED) is 0.320. The molecule has 0 unspecified atom stereocenters. The molecule has 0 spiro atoms. The van der Waals surface area contributed by atoms with Crippen molar-refractivity contribution in [2.75, 3.05) is 27.9 Å². The molecule has 8 heteroatoms. The molecule has 0 aromatic heterocycles. The molecule has 0 N–H and O–H groups in total. The van der Waals surface area contributed by atoms with Crippen LogP contribution in [0.4, 0.5) is 0 Å². The summed E-state index contributed by atoms with van der Waals surface area (Å²) in [6, 6.07) is 6.31. The molecular formula is C14H17NO7. The molecule has 8 nitrogen and oxygen atoms in total. The van der Waals surface area contributed by atoms with Gasteiger partial charge in [0.05, 0.1) is 27.2 Å². The third-order valence-corrected chi connectivity index (χ3v) is 3.20. The van der Waals surface area contributed by atoms with Gasteiger partial charge in [0.1, 0.15) is 5.75 Å². The summed E-state index contributed by atoms with van der Waals surface area (Å²) >= 11 is 0. The summed E-state index contributed by atoms with van der Waals surface area (Å²) in [7, 11) is 3.69. The SMILES string of the molecule is COC(=O)C(C(=O)OC)[C@H](C[N+](=O)[O-])c1ccc(OC)cc1. The zero-order chi connectivity index (χ0) is 16.7. The minimum atomic E-state index is -1.41. The van der Waals surface area contributed by atoms with Gasteiger partial charge in [0.2, 0.25) is 6.54 Å². The second-order valence-corrected chi connectivity index (χ2v) is 4.42. The Labute approximate surface area is 127 Å². The molecule has 0 bridgehead atoms. The molecule has 1 atom stereocenters. The van der Waals surface area contributed by atoms with E-state index in [1.54, 1.807) is 24.3 Å². The number of nitro groups is 1. The number of ether oxygens (including phenoxy) is 3. The largest absolute Gasteiger partial charge is 0.497 e. The highest BCUT2D eigenvalue weighted by atomic mass is 16.6. The molecule has 1 aromatic rings. The van der Waals surface area contributed by atoms with E-state index in [0.29, 0.717) is 11.3 Å². The van der Waals surface area contributed by atoms with Crippen LogP contribution in [0.3, 0.4) is 0 Å². The van der Waals surface area contributed by atoms with Gasteiger partial charge < -0.3 is 14.2 Å². The van der Waals surface area contributed by atoms with Crippen molar-refractivity contribution in [1.29, 1.82) is 0 Å². The van der Waals surface area contributed by atoms with E-state index in [1.807, 2.05) is 0 Å². The van der Waals surface area contributed by atoms with E-state index in [9.17, 15) is 19.7 Å². The van der Waals surface area contributed by atoms with E-state index in [1.165, 1.54) is 7.11 Å². The fraction of sp³-hybridized carbons (Fsp3) is 0.429. The summed E-state index contributed by atoms with van der Waals surface area (Å²) in [4.78, 5) is 34.0. The van der Waals surface area contributed by atoms with Crippen LogP contribution in [0, 0.1) is 16.0 Å². The van der Waals surface area contributed by atoms with Crippen LogP contribution in [0.1, 0.15) is 11.5 Å². The lowest BCUT2D eigenvalue weighted by Gasteiger charge is -2.20. The molecule has 1 rings (SSSR count). The number of carbonyl (C=O) groups excluding carboxylic acids is 2. The van der Waals surface area contributed by atoms with Gasteiger partial charge in [-0.25, -0.2) is 0 Å². The van der Waals surface area contributed by atoms with Gasteiger partial charge in [-0.15, -0.1) is 0 Å². The van der Waals surface area contributed by atoms with Crippen LogP contribution in [-0.2, 0) is 19.1 Å². The van der Waals surface area contributed by atoms with Gasteiger partial charge in [-0.05, 0) is 17.7 Å². The van der Waals surface area contributed by atoms with Crippen LogP contribution in [0.5, 0.6) is 5.75 Å². The van der Waals surface area contributed by atoms with Crippen molar-refractivity contribution in [3.8, 4) is 5.75 Å². The summed E-state index contributed by atoms with van der Waals surface area (Å²) in [5.74, 6) is -3.62. The molecule has 0 aliphatic rings. The molecule has 0 fully saturated rings. The second kappa shape index (κ2) is 7.96. The number of carbonyl (C=O) groups is 2. The van der Waals surface area contributed by atoms with Crippen LogP contribution >= 0.6 is 0 Å². The molecule has 0 aliphatic heterocycles. The summed E-state index contributed by atoms with van der Waals surface area (Å²) in [6.45, 7) is -0.610. The number of esters is 2. The van der Waals surface area contributed by atoms with E-state index in [4.69, 9.17) is 4.74 Å². The molecule has 0 saturated heterocycles. The normalized spacial score (nSPS) is 11.6. The predicted molar refractivity (Wildman–Crippen MR) is 75.1 cm³/mol. The standard InChI is InChI=1S/C14H17NO7/c1-20-10-6-4-9(5-7-10)11(8-15(18)19)12(13(16)21-2)14(17)22-3/h4-7,11-12H,8H2,1-3H3/t11-/m1/s1. The lowest BCUT2D eigenvalue weighted by Crippen LogP contribution is -2.35. The number of nitrogens with zero attached hydrogens (tertiary/aromatic N) is 1. The number of hydrogen-bond donors (Lipinski definition) is 0. The number of methoxy groups -OCH3 is 3. The van der Waals surface area contributed by atoms with Gasteiger partial charge in [-0.1, -0.05) is 12.1 Å². The van der Waals surface area contributed by atoms with Crippen molar-refractivity contribution < 1.29 is 28.7 Å². The lowest BCUT2D eigenvalue weighted by molar-refractivity contribution is -0.484.